The van der Waals surface area contributed by atoms with E-state index in [0.717, 1.165) is 34.9 Å². The summed E-state index contributed by atoms with van der Waals surface area (Å²) in [6.07, 6.45) is 4.60. The summed E-state index contributed by atoms with van der Waals surface area (Å²) in [4.78, 5) is 17.0. The lowest BCUT2D eigenvalue weighted by Gasteiger charge is -2.20. The average Bonchev–Trinajstić information content (AvgIpc) is 2.77. The number of nitrogens with one attached hydrogen (secondary N) is 3. The third kappa shape index (κ3) is 3.52. The molecule has 2 aromatic rings. The Hall–Kier alpha value is -1.07. The quantitative estimate of drug-likeness (QED) is 0.717. The second-order valence-corrected chi connectivity index (χ2v) is 6.00. The van der Waals surface area contributed by atoms with Crippen molar-refractivity contribution < 1.29 is 0 Å². The predicted octanol–water partition coefficient (Wildman–Crippen LogP) is 3.85. The van der Waals surface area contributed by atoms with Crippen LogP contribution in [-0.2, 0) is 0 Å². The molecule has 1 aromatic heterocycles. The Labute approximate surface area is 127 Å². The van der Waals surface area contributed by atoms with Crippen molar-refractivity contribution in [2.24, 2.45) is 0 Å². The summed E-state index contributed by atoms with van der Waals surface area (Å²) < 4.78 is 1.05. The maximum Gasteiger partial charge on any atom is 0.323 e. The van der Waals surface area contributed by atoms with Gasteiger partial charge in [-0.1, -0.05) is 42.6 Å². The number of aromatic nitrogens is 2. The van der Waals surface area contributed by atoms with Crippen molar-refractivity contribution in [1.29, 1.82) is 0 Å². The molecule has 0 aliphatic carbocycles. The third-order valence-corrected chi connectivity index (χ3v) is 4.18. The first-order valence-corrected chi connectivity index (χ1v) is 8.09. The molecule has 110 valence electrons. The molecule has 5 heteroatoms. The summed E-state index contributed by atoms with van der Waals surface area (Å²) in [6, 6.07) is 4.38. The SMILES string of the molecule is CCCCC(NCCC)c1cc2[nH]c(=O)[nH]c2cc1Br. The smallest absolute Gasteiger partial charge is 0.310 e. The number of rotatable bonds is 7. The average molecular weight is 340 g/mol. The Morgan fingerprint density at radius 2 is 1.90 bits per heavy atom. The highest BCUT2D eigenvalue weighted by molar-refractivity contribution is 9.10. The van der Waals surface area contributed by atoms with E-state index in [9.17, 15) is 4.79 Å². The molecule has 0 aliphatic rings. The molecule has 0 bridgehead atoms. The highest BCUT2D eigenvalue weighted by atomic mass is 79.9. The minimum absolute atomic E-state index is 0.157. The van der Waals surface area contributed by atoms with Crippen LogP contribution in [0.2, 0.25) is 0 Å². The van der Waals surface area contributed by atoms with Gasteiger partial charge in [0.05, 0.1) is 11.0 Å². The molecule has 0 radical (unpaired) electrons. The number of H-pyrrole nitrogens is 2. The van der Waals surface area contributed by atoms with E-state index in [4.69, 9.17) is 0 Å². The first-order chi connectivity index (χ1) is 9.65. The summed E-state index contributed by atoms with van der Waals surface area (Å²) in [5.74, 6) is 0. The number of hydrogen-bond acceptors (Lipinski definition) is 2. The van der Waals surface area contributed by atoms with E-state index in [-0.39, 0.29) is 5.69 Å². The second kappa shape index (κ2) is 7.09. The molecule has 0 spiro atoms. The van der Waals surface area contributed by atoms with Gasteiger partial charge in [0.2, 0.25) is 0 Å². The van der Waals surface area contributed by atoms with Crippen LogP contribution >= 0.6 is 15.9 Å². The Morgan fingerprint density at radius 3 is 2.55 bits per heavy atom. The van der Waals surface area contributed by atoms with E-state index < -0.39 is 0 Å². The fourth-order valence-electron chi connectivity index (χ4n) is 2.43. The van der Waals surface area contributed by atoms with E-state index >= 15 is 0 Å². The van der Waals surface area contributed by atoms with Crippen LogP contribution in [-0.4, -0.2) is 16.5 Å². The fraction of sp³-hybridized carbons (Fsp3) is 0.533. The van der Waals surface area contributed by atoms with Crippen molar-refractivity contribution in [2.45, 2.75) is 45.6 Å². The number of unbranched alkanes of at least 4 members (excludes halogenated alkanes) is 1. The van der Waals surface area contributed by atoms with Gasteiger partial charge >= 0.3 is 5.69 Å². The molecule has 0 saturated heterocycles. The van der Waals surface area contributed by atoms with Crippen molar-refractivity contribution >= 4 is 27.0 Å². The summed E-state index contributed by atoms with van der Waals surface area (Å²) in [7, 11) is 0. The van der Waals surface area contributed by atoms with Gasteiger partial charge in [-0.15, -0.1) is 0 Å². The standard InChI is InChI=1S/C15H22BrN3O/c1-3-5-6-12(17-7-4-2)10-8-13-14(9-11(10)16)19-15(20)18-13/h8-9,12,17H,3-7H2,1-2H3,(H2,18,19,20). The summed E-state index contributed by atoms with van der Waals surface area (Å²) >= 11 is 3.64. The molecular formula is C15H22BrN3O. The van der Waals surface area contributed by atoms with Gasteiger partial charge in [0, 0.05) is 10.5 Å². The number of halogens is 1. The van der Waals surface area contributed by atoms with Crippen LogP contribution in [0.5, 0.6) is 0 Å². The zero-order valence-electron chi connectivity index (χ0n) is 12.1. The Bertz CT molecular complexity index is 609. The van der Waals surface area contributed by atoms with Crippen LogP contribution < -0.4 is 11.0 Å². The minimum Gasteiger partial charge on any atom is -0.310 e. The predicted molar refractivity (Wildman–Crippen MR) is 87.2 cm³/mol. The van der Waals surface area contributed by atoms with Gasteiger partial charge in [-0.25, -0.2) is 4.79 Å². The van der Waals surface area contributed by atoms with Gasteiger partial charge in [0.25, 0.3) is 0 Å². The van der Waals surface area contributed by atoms with Gasteiger partial charge in [0.1, 0.15) is 0 Å². The molecule has 1 atom stereocenters. The van der Waals surface area contributed by atoms with Crippen molar-refractivity contribution in [3.8, 4) is 0 Å². The van der Waals surface area contributed by atoms with Crippen LogP contribution in [0.25, 0.3) is 11.0 Å². The Balaban J connectivity index is 2.34. The lowest BCUT2D eigenvalue weighted by atomic mass is 10.0. The lowest BCUT2D eigenvalue weighted by molar-refractivity contribution is 0.480. The van der Waals surface area contributed by atoms with Gasteiger partial charge in [0.15, 0.2) is 0 Å². The molecule has 0 fully saturated rings. The van der Waals surface area contributed by atoms with E-state index in [1.165, 1.54) is 18.4 Å². The molecule has 1 aromatic carbocycles. The van der Waals surface area contributed by atoms with Gasteiger partial charge in [-0.05, 0) is 37.1 Å². The molecule has 4 nitrogen and oxygen atoms in total. The number of hydrogen-bond donors (Lipinski definition) is 3. The van der Waals surface area contributed by atoms with Crippen LogP contribution in [0.3, 0.4) is 0 Å². The number of benzene rings is 1. The van der Waals surface area contributed by atoms with Crippen LogP contribution in [0.15, 0.2) is 21.4 Å². The van der Waals surface area contributed by atoms with Crippen molar-refractivity contribution in [3.63, 3.8) is 0 Å². The highest BCUT2D eigenvalue weighted by Crippen LogP contribution is 2.30. The maximum absolute atomic E-state index is 11.4. The zero-order valence-corrected chi connectivity index (χ0v) is 13.6. The minimum atomic E-state index is -0.157. The zero-order chi connectivity index (χ0) is 14.5. The van der Waals surface area contributed by atoms with Gasteiger partial charge in [-0.3, -0.25) is 0 Å². The molecule has 20 heavy (non-hydrogen) atoms. The fourth-order valence-corrected chi connectivity index (χ4v) is 3.05. The van der Waals surface area contributed by atoms with Crippen LogP contribution in [0.1, 0.15) is 51.1 Å². The molecule has 1 heterocycles. The molecule has 1 unspecified atom stereocenters. The molecule has 0 aliphatic heterocycles. The second-order valence-electron chi connectivity index (χ2n) is 5.15. The normalized spacial score (nSPS) is 12.9. The van der Waals surface area contributed by atoms with Crippen LogP contribution in [0, 0.1) is 0 Å². The first kappa shape index (κ1) is 15.3. The third-order valence-electron chi connectivity index (χ3n) is 3.50. The topological polar surface area (TPSA) is 60.7 Å². The molecule has 0 amide bonds. The van der Waals surface area contributed by atoms with Crippen molar-refractivity contribution in [2.75, 3.05) is 6.54 Å². The van der Waals surface area contributed by atoms with E-state index in [1.807, 2.05) is 6.07 Å². The van der Waals surface area contributed by atoms with Crippen molar-refractivity contribution in [1.82, 2.24) is 15.3 Å². The maximum atomic E-state index is 11.4. The number of imidazole rings is 1. The molecular weight excluding hydrogens is 318 g/mol. The summed E-state index contributed by atoms with van der Waals surface area (Å²) in [5, 5.41) is 3.60. The van der Waals surface area contributed by atoms with Gasteiger partial charge in [-0.2, -0.15) is 0 Å². The summed E-state index contributed by atoms with van der Waals surface area (Å²) in [6.45, 7) is 5.38. The van der Waals surface area contributed by atoms with Crippen LogP contribution in [0.4, 0.5) is 0 Å². The number of fused-ring (bicyclic) bond motifs is 1. The Morgan fingerprint density at radius 1 is 1.20 bits per heavy atom. The molecule has 0 saturated carbocycles. The molecule has 3 N–H and O–H groups in total. The first-order valence-electron chi connectivity index (χ1n) is 7.30. The molecule has 2 rings (SSSR count). The highest BCUT2D eigenvalue weighted by Gasteiger charge is 2.15. The van der Waals surface area contributed by atoms with E-state index in [2.05, 4.69) is 51.1 Å². The van der Waals surface area contributed by atoms with Crippen molar-refractivity contribution in [3.05, 3.63) is 32.7 Å². The van der Waals surface area contributed by atoms with E-state index in [0.29, 0.717) is 6.04 Å². The Kier molecular flexibility index (Phi) is 5.43. The summed E-state index contributed by atoms with van der Waals surface area (Å²) in [5.41, 5.74) is 2.77. The lowest BCUT2D eigenvalue weighted by Crippen LogP contribution is -2.22. The van der Waals surface area contributed by atoms with Gasteiger partial charge < -0.3 is 15.3 Å². The van der Waals surface area contributed by atoms with E-state index in [1.54, 1.807) is 0 Å². The number of aromatic amines is 2. The largest absolute Gasteiger partial charge is 0.323 e. The monoisotopic (exact) mass is 339 g/mol.